The quantitative estimate of drug-likeness (QED) is 0.858. The average molecular weight is 317 g/mol. The van der Waals surface area contributed by atoms with E-state index in [1.807, 2.05) is 37.3 Å². The number of amides is 1. The van der Waals surface area contributed by atoms with E-state index in [0.717, 1.165) is 10.5 Å². The number of nitrogens with zero attached hydrogens (tertiary/aromatic N) is 1. The third-order valence-electron chi connectivity index (χ3n) is 2.83. The number of nitriles is 1. The molecule has 0 heterocycles. The smallest absolute Gasteiger partial charge is 0.234 e. The highest BCUT2D eigenvalue weighted by molar-refractivity contribution is 8.00. The summed E-state index contributed by atoms with van der Waals surface area (Å²) in [5, 5.41) is 12.2. The fourth-order valence-corrected chi connectivity index (χ4v) is 2.77. The summed E-state index contributed by atoms with van der Waals surface area (Å²) in [5.74, 6) is 0.115. The molecule has 0 atom stereocenters. The number of hydrogen-bond donors (Lipinski definition) is 1. The predicted octanol–water partition coefficient (Wildman–Crippen LogP) is 4.25. The van der Waals surface area contributed by atoms with Crippen molar-refractivity contribution in [1.82, 2.24) is 0 Å². The zero-order chi connectivity index (χ0) is 15.2. The topological polar surface area (TPSA) is 52.9 Å². The van der Waals surface area contributed by atoms with Crippen molar-refractivity contribution in [1.29, 1.82) is 5.26 Å². The van der Waals surface area contributed by atoms with Gasteiger partial charge in [0.1, 0.15) is 6.07 Å². The molecule has 1 amide bonds. The summed E-state index contributed by atoms with van der Waals surface area (Å²) in [6.07, 6.45) is 0. The van der Waals surface area contributed by atoms with Gasteiger partial charge in [-0.1, -0.05) is 29.8 Å². The Bertz CT molecular complexity index is 710. The van der Waals surface area contributed by atoms with E-state index < -0.39 is 0 Å². The van der Waals surface area contributed by atoms with Crippen molar-refractivity contribution in [3.05, 3.63) is 58.6 Å². The molecular weight excluding hydrogens is 304 g/mol. The molecule has 0 unspecified atom stereocenters. The Hall–Kier alpha value is -1.96. The van der Waals surface area contributed by atoms with Gasteiger partial charge in [-0.05, 0) is 36.8 Å². The molecule has 0 bridgehead atoms. The Kier molecular flexibility index (Phi) is 5.26. The summed E-state index contributed by atoms with van der Waals surface area (Å²) in [6, 6.07) is 14.7. The number of anilines is 1. The standard InChI is InChI=1S/C16H13ClN2OS/c1-11-4-2-3-5-15(11)21-10-16(20)19-14-8-13(17)7-6-12(14)9-18/h2-8H,10H2,1H3,(H,19,20). The summed E-state index contributed by atoms with van der Waals surface area (Å²) in [7, 11) is 0. The Balaban J connectivity index is 2.01. The van der Waals surface area contributed by atoms with Gasteiger partial charge < -0.3 is 5.32 Å². The van der Waals surface area contributed by atoms with E-state index in [-0.39, 0.29) is 11.7 Å². The normalized spacial score (nSPS) is 9.95. The molecule has 0 saturated carbocycles. The molecule has 1 N–H and O–H groups in total. The van der Waals surface area contributed by atoms with Crippen molar-refractivity contribution in [3.8, 4) is 6.07 Å². The molecule has 0 aliphatic carbocycles. The van der Waals surface area contributed by atoms with Crippen LogP contribution in [0.3, 0.4) is 0 Å². The average Bonchev–Trinajstić information content (AvgIpc) is 2.47. The first kappa shape index (κ1) is 15.4. The third-order valence-corrected chi connectivity index (χ3v) is 4.24. The minimum absolute atomic E-state index is 0.165. The number of nitrogens with one attached hydrogen (secondary N) is 1. The monoisotopic (exact) mass is 316 g/mol. The fraction of sp³-hybridized carbons (Fsp3) is 0.125. The zero-order valence-electron chi connectivity index (χ0n) is 11.4. The molecule has 3 nitrogen and oxygen atoms in total. The van der Waals surface area contributed by atoms with Gasteiger partial charge in [-0.15, -0.1) is 11.8 Å². The van der Waals surface area contributed by atoms with Gasteiger partial charge in [0.25, 0.3) is 0 Å². The molecular formula is C16H13ClN2OS. The van der Waals surface area contributed by atoms with E-state index in [2.05, 4.69) is 5.32 Å². The highest BCUT2D eigenvalue weighted by atomic mass is 35.5. The zero-order valence-corrected chi connectivity index (χ0v) is 13.0. The van der Waals surface area contributed by atoms with Crippen LogP contribution in [0.25, 0.3) is 0 Å². The number of benzene rings is 2. The maximum Gasteiger partial charge on any atom is 0.234 e. The van der Waals surface area contributed by atoms with Gasteiger partial charge in [-0.3, -0.25) is 4.79 Å². The van der Waals surface area contributed by atoms with E-state index in [1.165, 1.54) is 11.8 Å². The molecule has 0 aromatic heterocycles. The summed E-state index contributed by atoms with van der Waals surface area (Å²) in [6.45, 7) is 2.00. The molecule has 106 valence electrons. The van der Waals surface area contributed by atoms with Gasteiger partial charge in [0.2, 0.25) is 5.91 Å². The maximum atomic E-state index is 12.0. The number of carbonyl (C=O) groups excluding carboxylic acids is 1. The van der Waals surface area contributed by atoms with Crippen LogP contribution < -0.4 is 5.32 Å². The van der Waals surface area contributed by atoms with Gasteiger partial charge in [-0.2, -0.15) is 5.26 Å². The number of rotatable bonds is 4. The van der Waals surface area contributed by atoms with E-state index in [1.54, 1.807) is 18.2 Å². The molecule has 21 heavy (non-hydrogen) atoms. The van der Waals surface area contributed by atoms with Crippen molar-refractivity contribution >= 4 is 35.0 Å². The van der Waals surface area contributed by atoms with Gasteiger partial charge in [0, 0.05) is 9.92 Å². The number of carbonyl (C=O) groups is 1. The molecule has 2 aromatic rings. The lowest BCUT2D eigenvalue weighted by Gasteiger charge is -2.08. The minimum Gasteiger partial charge on any atom is -0.324 e. The van der Waals surface area contributed by atoms with Crippen LogP contribution in [-0.2, 0) is 4.79 Å². The first-order valence-electron chi connectivity index (χ1n) is 6.28. The number of halogens is 1. The van der Waals surface area contributed by atoms with Crippen LogP contribution in [0.4, 0.5) is 5.69 Å². The summed E-state index contributed by atoms with van der Waals surface area (Å²) in [5.41, 5.74) is 1.98. The van der Waals surface area contributed by atoms with Gasteiger partial charge in [0.05, 0.1) is 17.0 Å². The first-order valence-corrected chi connectivity index (χ1v) is 7.64. The van der Waals surface area contributed by atoms with Gasteiger partial charge in [-0.25, -0.2) is 0 Å². The van der Waals surface area contributed by atoms with E-state index in [0.29, 0.717) is 16.3 Å². The van der Waals surface area contributed by atoms with Crippen molar-refractivity contribution in [3.63, 3.8) is 0 Å². The lowest BCUT2D eigenvalue weighted by molar-refractivity contribution is -0.113. The van der Waals surface area contributed by atoms with Crippen LogP contribution in [0, 0.1) is 18.3 Å². The van der Waals surface area contributed by atoms with Crippen LogP contribution in [-0.4, -0.2) is 11.7 Å². The Morgan fingerprint density at radius 1 is 1.33 bits per heavy atom. The van der Waals surface area contributed by atoms with E-state index in [4.69, 9.17) is 16.9 Å². The highest BCUT2D eigenvalue weighted by Gasteiger charge is 2.09. The molecule has 0 saturated heterocycles. The van der Waals surface area contributed by atoms with Gasteiger partial charge >= 0.3 is 0 Å². The lowest BCUT2D eigenvalue weighted by atomic mass is 10.2. The van der Waals surface area contributed by atoms with Crippen LogP contribution in [0.15, 0.2) is 47.4 Å². The molecule has 2 rings (SSSR count). The van der Waals surface area contributed by atoms with Crippen LogP contribution in [0.1, 0.15) is 11.1 Å². The number of aryl methyl sites for hydroxylation is 1. The first-order chi connectivity index (χ1) is 10.1. The van der Waals surface area contributed by atoms with Crippen LogP contribution in [0.2, 0.25) is 5.02 Å². The maximum absolute atomic E-state index is 12.0. The molecule has 0 aliphatic rings. The summed E-state index contributed by atoms with van der Waals surface area (Å²) >= 11 is 7.35. The Morgan fingerprint density at radius 3 is 2.81 bits per heavy atom. The predicted molar refractivity (Wildman–Crippen MR) is 86.7 cm³/mol. The van der Waals surface area contributed by atoms with Crippen LogP contribution in [0.5, 0.6) is 0 Å². The molecule has 2 aromatic carbocycles. The van der Waals surface area contributed by atoms with Crippen molar-refractivity contribution in [2.75, 3.05) is 11.1 Å². The second kappa shape index (κ2) is 7.16. The molecule has 0 radical (unpaired) electrons. The van der Waals surface area contributed by atoms with Crippen molar-refractivity contribution in [2.24, 2.45) is 0 Å². The fourth-order valence-electron chi connectivity index (χ4n) is 1.77. The Labute approximate surface area is 132 Å². The van der Waals surface area contributed by atoms with Crippen molar-refractivity contribution < 1.29 is 4.79 Å². The largest absolute Gasteiger partial charge is 0.324 e. The minimum atomic E-state index is -0.165. The van der Waals surface area contributed by atoms with Gasteiger partial charge in [0.15, 0.2) is 0 Å². The van der Waals surface area contributed by atoms with E-state index in [9.17, 15) is 4.79 Å². The van der Waals surface area contributed by atoms with Crippen LogP contribution >= 0.6 is 23.4 Å². The highest BCUT2D eigenvalue weighted by Crippen LogP contribution is 2.23. The second-order valence-corrected chi connectivity index (χ2v) is 5.86. The molecule has 0 aliphatic heterocycles. The lowest BCUT2D eigenvalue weighted by Crippen LogP contribution is -2.15. The number of hydrogen-bond acceptors (Lipinski definition) is 3. The third kappa shape index (κ3) is 4.25. The summed E-state index contributed by atoms with van der Waals surface area (Å²) in [4.78, 5) is 13.1. The molecule has 5 heteroatoms. The second-order valence-electron chi connectivity index (χ2n) is 4.40. The van der Waals surface area contributed by atoms with Crippen molar-refractivity contribution in [2.45, 2.75) is 11.8 Å². The molecule has 0 fully saturated rings. The number of thioether (sulfide) groups is 1. The Morgan fingerprint density at radius 2 is 2.10 bits per heavy atom. The summed E-state index contributed by atoms with van der Waals surface area (Å²) < 4.78 is 0. The molecule has 0 spiro atoms. The SMILES string of the molecule is Cc1ccccc1SCC(=O)Nc1cc(Cl)ccc1C#N. The van der Waals surface area contributed by atoms with E-state index >= 15 is 0 Å².